The number of anilines is 1. The number of hydrogen-bond donors (Lipinski definition) is 0. The fourth-order valence-electron chi connectivity index (χ4n) is 5.47. The van der Waals surface area contributed by atoms with Crippen LogP contribution >= 0.6 is 0 Å². The van der Waals surface area contributed by atoms with Crippen LogP contribution < -0.4 is 4.90 Å². The van der Waals surface area contributed by atoms with Gasteiger partial charge in [-0.05, 0) is 56.7 Å². The number of amides is 1. The Hall–Kier alpha value is -3.97. The van der Waals surface area contributed by atoms with E-state index in [1.165, 1.54) is 0 Å². The first-order chi connectivity index (χ1) is 19.0. The Morgan fingerprint density at radius 2 is 1.54 bits per heavy atom. The molecule has 1 saturated heterocycles. The second kappa shape index (κ2) is 11.8. The predicted molar refractivity (Wildman–Crippen MR) is 155 cm³/mol. The van der Waals surface area contributed by atoms with E-state index in [-0.39, 0.29) is 17.8 Å². The van der Waals surface area contributed by atoms with Gasteiger partial charge in [0, 0.05) is 44.8 Å². The zero-order chi connectivity index (χ0) is 27.4. The molecule has 39 heavy (non-hydrogen) atoms. The summed E-state index contributed by atoms with van der Waals surface area (Å²) in [5, 5.41) is 4.64. The quantitative estimate of drug-likeness (QED) is 0.295. The van der Waals surface area contributed by atoms with Gasteiger partial charge in [-0.15, -0.1) is 0 Å². The maximum atomic E-state index is 15.6. The van der Waals surface area contributed by atoms with E-state index in [1.807, 2.05) is 109 Å². The smallest absolute Gasteiger partial charge is 0.244 e. The van der Waals surface area contributed by atoms with Crippen molar-refractivity contribution in [3.8, 4) is 16.9 Å². The van der Waals surface area contributed by atoms with E-state index in [2.05, 4.69) is 14.9 Å². The number of carbonyl (C=O) groups excluding carboxylic acids is 1. The topological polar surface area (TPSA) is 44.6 Å². The molecule has 1 unspecified atom stereocenters. The summed E-state index contributed by atoms with van der Waals surface area (Å²) in [6.07, 6.45) is 0. The molecule has 0 radical (unpaired) electrons. The molecule has 3 aromatic carbocycles. The summed E-state index contributed by atoms with van der Waals surface area (Å²) < 4.78 is 17.4. The number of benzene rings is 3. The third-order valence-electron chi connectivity index (χ3n) is 7.52. The van der Waals surface area contributed by atoms with Gasteiger partial charge in [0.2, 0.25) is 5.91 Å². The maximum absolute atomic E-state index is 15.6. The van der Waals surface area contributed by atoms with Crippen LogP contribution in [-0.4, -0.2) is 64.8 Å². The number of aryl methyl sites for hydroxylation is 1. The van der Waals surface area contributed by atoms with Crippen molar-refractivity contribution in [1.29, 1.82) is 0 Å². The van der Waals surface area contributed by atoms with Gasteiger partial charge in [-0.3, -0.25) is 9.69 Å². The van der Waals surface area contributed by atoms with Crippen molar-refractivity contribution in [2.75, 3.05) is 44.2 Å². The van der Waals surface area contributed by atoms with Crippen LogP contribution in [0.25, 0.3) is 16.9 Å². The summed E-state index contributed by atoms with van der Waals surface area (Å²) >= 11 is 0. The van der Waals surface area contributed by atoms with E-state index in [0.29, 0.717) is 45.0 Å². The van der Waals surface area contributed by atoms with Crippen LogP contribution in [0.2, 0.25) is 0 Å². The van der Waals surface area contributed by atoms with Crippen molar-refractivity contribution in [1.82, 2.24) is 19.6 Å². The van der Waals surface area contributed by atoms with Crippen LogP contribution in [0.1, 0.15) is 31.1 Å². The average molecular weight is 526 g/mol. The highest BCUT2D eigenvalue weighted by molar-refractivity contribution is 5.83. The minimum atomic E-state index is -0.331. The van der Waals surface area contributed by atoms with Gasteiger partial charge in [0.05, 0.1) is 22.8 Å². The van der Waals surface area contributed by atoms with Crippen molar-refractivity contribution >= 4 is 11.6 Å². The first-order valence-corrected chi connectivity index (χ1v) is 13.7. The van der Waals surface area contributed by atoms with Crippen molar-refractivity contribution in [3.63, 3.8) is 0 Å². The zero-order valence-corrected chi connectivity index (χ0v) is 22.9. The number of likely N-dealkylation sites (N-methyl/N-ethyl adjacent to an activating group) is 1. The molecule has 2 heterocycles. The first-order valence-electron chi connectivity index (χ1n) is 13.7. The minimum absolute atomic E-state index is 0.125. The van der Waals surface area contributed by atoms with Crippen LogP contribution in [0.15, 0.2) is 84.9 Å². The van der Waals surface area contributed by atoms with Gasteiger partial charge in [-0.2, -0.15) is 5.10 Å². The minimum Gasteiger partial charge on any atom is -0.367 e. The molecule has 1 aliphatic rings. The van der Waals surface area contributed by atoms with Crippen LogP contribution in [0.5, 0.6) is 0 Å². The summed E-state index contributed by atoms with van der Waals surface area (Å²) in [7, 11) is 0. The van der Waals surface area contributed by atoms with Gasteiger partial charge in [0.25, 0.3) is 0 Å². The lowest BCUT2D eigenvalue weighted by atomic mass is 10.0. The number of rotatable bonds is 8. The molecule has 7 heteroatoms. The van der Waals surface area contributed by atoms with Crippen molar-refractivity contribution in [2.45, 2.75) is 26.8 Å². The number of piperazine rings is 1. The van der Waals surface area contributed by atoms with E-state index < -0.39 is 0 Å². The highest BCUT2D eigenvalue weighted by Crippen LogP contribution is 2.31. The summed E-state index contributed by atoms with van der Waals surface area (Å²) in [4.78, 5) is 19.7. The van der Waals surface area contributed by atoms with E-state index in [4.69, 9.17) is 0 Å². The number of aromatic nitrogens is 2. The molecule has 0 saturated carbocycles. The summed E-state index contributed by atoms with van der Waals surface area (Å²) in [5.41, 5.74) is 5.05. The highest BCUT2D eigenvalue weighted by Gasteiger charge is 2.33. The Bertz CT molecular complexity index is 1390. The molecule has 0 N–H and O–H groups in total. The van der Waals surface area contributed by atoms with Crippen molar-refractivity contribution in [2.24, 2.45) is 0 Å². The van der Waals surface area contributed by atoms with Crippen LogP contribution in [-0.2, 0) is 4.79 Å². The van der Waals surface area contributed by atoms with Crippen LogP contribution in [0.4, 0.5) is 10.1 Å². The molecule has 1 aliphatic heterocycles. The van der Waals surface area contributed by atoms with E-state index in [0.717, 1.165) is 28.2 Å². The number of hydrogen-bond acceptors (Lipinski definition) is 4. The molecule has 1 aromatic heterocycles. The van der Waals surface area contributed by atoms with Crippen LogP contribution in [0.3, 0.4) is 0 Å². The van der Waals surface area contributed by atoms with Gasteiger partial charge >= 0.3 is 0 Å². The second-order valence-corrected chi connectivity index (χ2v) is 9.93. The normalized spacial score (nSPS) is 14.8. The summed E-state index contributed by atoms with van der Waals surface area (Å²) in [6.45, 7) is 9.97. The van der Waals surface area contributed by atoms with Crippen molar-refractivity contribution < 1.29 is 9.18 Å². The van der Waals surface area contributed by atoms with Crippen molar-refractivity contribution in [3.05, 3.63) is 102 Å². The molecule has 4 aromatic rings. The molecule has 202 valence electrons. The molecule has 1 fully saturated rings. The molecular formula is C32H36FN5O. The molecule has 0 spiro atoms. The number of halogens is 1. The predicted octanol–water partition coefficient (Wildman–Crippen LogP) is 5.72. The molecule has 0 aliphatic carbocycles. The highest BCUT2D eigenvalue weighted by atomic mass is 19.1. The fraction of sp³-hybridized carbons (Fsp3) is 0.312. The maximum Gasteiger partial charge on any atom is 0.244 e. The first kappa shape index (κ1) is 26.6. The molecule has 5 rings (SSSR count). The molecular weight excluding hydrogens is 489 g/mol. The molecule has 0 bridgehead atoms. The largest absolute Gasteiger partial charge is 0.367 e. The van der Waals surface area contributed by atoms with Gasteiger partial charge in [-0.25, -0.2) is 9.07 Å². The summed E-state index contributed by atoms with van der Waals surface area (Å²) in [5.74, 6) is -0.126. The van der Waals surface area contributed by atoms with Gasteiger partial charge < -0.3 is 9.80 Å². The Morgan fingerprint density at radius 3 is 2.15 bits per heavy atom. The van der Waals surface area contributed by atoms with E-state index >= 15 is 4.39 Å². The lowest BCUT2D eigenvalue weighted by Crippen LogP contribution is -2.51. The monoisotopic (exact) mass is 525 g/mol. The number of carbonyl (C=O) groups is 1. The molecule has 1 amide bonds. The molecule has 1 atom stereocenters. The molecule has 6 nitrogen and oxygen atoms in total. The standard InChI is InChI=1S/C32H36FN5O/c1-4-35(5-2)32(39)31(25-12-8-6-9-13-25)37-20-18-36(19-21-37)29-17-16-26(23-28(29)33)30-22-24(3)34-38(30)27-14-10-7-11-15-27/h6-17,22-23,31H,4-5,18-21H2,1-3H3. The third kappa shape index (κ3) is 5.59. The Kier molecular flexibility index (Phi) is 8.07. The second-order valence-electron chi connectivity index (χ2n) is 9.93. The lowest BCUT2D eigenvalue weighted by Gasteiger charge is -2.41. The summed E-state index contributed by atoms with van der Waals surface area (Å²) in [6, 6.07) is 27.0. The van der Waals surface area contributed by atoms with Gasteiger partial charge in [0.1, 0.15) is 11.9 Å². The van der Waals surface area contributed by atoms with Gasteiger partial charge in [0.15, 0.2) is 0 Å². The van der Waals surface area contributed by atoms with E-state index in [1.54, 1.807) is 6.07 Å². The lowest BCUT2D eigenvalue weighted by molar-refractivity contribution is -0.137. The Labute approximate surface area is 230 Å². The number of para-hydroxylation sites is 1. The Morgan fingerprint density at radius 1 is 0.897 bits per heavy atom. The van der Waals surface area contributed by atoms with Crippen LogP contribution in [0, 0.1) is 12.7 Å². The SMILES string of the molecule is CCN(CC)C(=O)C(c1ccccc1)N1CCN(c2ccc(-c3cc(C)nn3-c3ccccc3)cc2F)CC1. The number of nitrogens with zero attached hydrogens (tertiary/aromatic N) is 5. The fourth-order valence-corrected chi connectivity index (χ4v) is 5.47. The average Bonchev–Trinajstić information content (AvgIpc) is 3.37. The third-order valence-corrected chi connectivity index (χ3v) is 7.52. The zero-order valence-electron chi connectivity index (χ0n) is 22.9. The Balaban J connectivity index is 1.34. The van der Waals surface area contributed by atoms with E-state index in [9.17, 15) is 4.79 Å². The van der Waals surface area contributed by atoms with Gasteiger partial charge in [-0.1, -0.05) is 54.6 Å².